The molecule has 0 saturated heterocycles. The van der Waals surface area contributed by atoms with Crippen LogP contribution in [0.2, 0.25) is 0 Å². The second kappa shape index (κ2) is 6.73. The van der Waals surface area contributed by atoms with Crippen molar-refractivity contribution in [3.8, 4) is 0 Å². The van der Waals surface area contributed by atoms with Crippen LogP contribution in [0.3, 0.4) is 0 Å². The molecule has 0 rings (SSSR count). The van der Waals surface area contributed by atoms with E-state index in [2.05, 4.69) is 6.58 Å². The number of carbonyl (C=O) groups excluding carboxylic acids is 1. The molecule has 0 aromatic heterocycles. The van der Waals surface area contributed by atoms with E-state index in [0.29, 0.717) is 6.42 Å². The van der Waals surface area contributed by atoms with E-state index in [4.69, 9.17) is 0 Å². The van der Waals surface area contributed by atoms with Crippen molar-refractivity contribution in [2.75, 3.05) is 0 Å². The largest absolute Gasteiger partial charge is 1.00 e. The molecule has 0 saturated carbocycles. The predicted molar refractivity (Wildman–Crippen MR) is 43.6 cm³/mol. The summed E-state index contributed by atoms with van der Waals surface area (Å²) in [6, 6.07) is 0. The summed E-state index contributed by atoms with van der Waals surface area (Å²) in [6.07, 6.45) is 1.41. The maximum atomic E-state index is 10.9. The molecule has 0 aliphatic rings. The van der Waals surface area contributed by atoms with Crippen molar-refractivity contribution < 1.29 is 47.3 Å². The summed E-state index contributed by atoms with van der Waals surface area (Å²) in [7, 11) is -4.51. The predicted octanol–water partition coefficient (Wildman–Crippen LogP) is -2.54. The molecule has 0 aliphatic heterocycles. The average Bonchev–Trinajstić information content (AvgIpc) is 1.96. The van der Waals surface area contributed by atoms with E-state index in [1.54, 1.807) is 6.92 Å². The van der Waals surface area contributed by atoms with Gasteiger partial charge in [-0.05, 0) is 12.5 Å². The van der Waals surface area contributed by atoms with Gasteiger partial charge >= 0.3 is 29.6 Å². The van der Waals surface area contributed by atoms with Gasteiger partial charge in [0.05, 0.1) is 0 Å². The molecule has 0 bridgehead atoms. The average molecular weight is 214 g/mol. The van der Waals surface area contributed by atoms with Crippen LogP contribution in [0.5, 0.6) is 0 Å². The summed E-state index contributed by atoms with van der Waals surface area (Å²) in [5.74, 6) is -0.716. The van der Waals surface area contributed by atoms with Crippen LogP contribution in [0.4, 0.5) is 0 Å². The molecule has 13 heavy (non-hydrogen) atoms. The van der Waals surface area contributed by atoms with Gasteiger partial charge in [0.1, 0.15) is 15.4 Å². The van der Waals surface area contributed by atoms with Gasteiger partial charge in [-0.2, -0.15) is 0 Å². The van der Waals surface area contributed by atoms with Crippen LogP contribution >= 0.6 is 0 Å². The maximum Gasteiger partial charge on any atom is 1.00 e. The Hall–Kier alpha value is 0.320. The van der Waals surface area contributed by atoms with E-state index in [9.17, 15) is 17.8 Å². The SMILES string of the molecule is C=CC(=O)C(CCC)S(=O)(=O)[O-].[Na+]. The van der Waals surface area contributed by atoms with Crippen molar-refractivity contribution in [3.63, 3.8) is 0 Å². The normalized spacial score (nSPS) is 12.8. The molecule has 70 valence electrons. The summed E-state index contributed by atoms with van der Waals surface area (Å²) in [5, 5.41) is -1.44. The molecule has 6 heteroatoms. The third-order valence-corrected chi connectivity index (χ3v) is 2.58. The van der Waals surface area contributed by atoms with E-state index in [0.717, 1.165) is 6.08 Å². The summed E-state index contributed by atoms with van der Waals surface area (Å²) in [6.45, 7) is 4.83. The third-order valence-electron chi connectivity index (χ3n) is 1.42. The minimum atomic E-state index is -4.51. The molecule has 1 unspecified atom stereocenters. The van der Waals surface area contributed by atoms with Crippen LogP contribution in [0.1, 0.15) is 19.8 Å². The fourth-order valence-electron chi connectivity index (χ4n) is 0.822. The molecule has 0 heterocycles. The van der Waals surface area contributed by atoms with Crippen LogP contribution < -0.4 is 29.6 Å². The van der Waals surface area contributed by atoms with Gasteiger partial charge in [0.2, 0.25) is 0 Å². The zero-order valence-corrected chi connectivity index (χ0v) is 10.6. The molecule has 0 aromatic rings. The van der Waals surface area contributed by atoms with E-state index in [-0.39, 0.29) is 36.0 Å². The molecular formula is C7H11NaO4S. The van der Waals surface area contributed by atoms with Crippen molar-refractivity contribution in [2.45, 2.75) is 25.0 Å². The second-order valence-electron chi connectivity index (χ2n) is 2.38. The van der Waals surface area contributed by atoms with E-state index in [1.165, 1.54) is 0 Å². The fourth-order valence-corrected chi connectivity index (χ4v) is 1.73. The summed E-state index contributed by atoms with van der Waals surface area (Å²) < 4.78 is 31.5. The Bertz CT molecular complexity index is 270. The first-order valence-electron chi connectivity index (χ1n) is 3.54. The van der Waals surface area contributed by atoms with E-state index >= 15 is 0 Å². The van der Waals surface area contributed by atoms with Crippen molar-refractivity contribution in [1.29, 1.82) is 0 Å². The first kappa shape index (κ1) is 15.8. The smallest absolute Gasteiger partial charge is 0.747 e. The molecule has 0 amide bonds. The molecule has 0 spiro atoms. The molecule has 4 nitrogen and oxygen atoms in total. The van der Waals surface area contributed by atoms with Crippen LogP contribution in [0.15, 0.2) is 12.7 Å². The Morgan fingerprint density at radius 2 is 2.08 bits per heavy atom. The van der Waals surface area contributed by atoms with Gasteiger partial charge in [-0.25, -0.2) is 8.42 Å². The molecule has 0 radical (unpaired) electrons. The zero-order valence-electron chi connectivity index (χ0n) is 7.82. The van der Waals surface area contributed by atoms with Crippen LogP contribution in [-0.4, -0.2) is 24.0 Å². The number of rotatable bonds is 5. The Kier molecular flexibility index (Phi) is 8.16. The van der Waals surface area contributed by atoms with Crippen molar-refractivity contribution in [2.24, 2.45) is 0 Å². The number of ketones is 1. The molecule has 0 aliphatic carbocycles. The molecular weight excluding hydrogens is 203 g/mol. The first-order chi connectivity index (χ1) is 5.43. The Balaban J connectivity index is 0. The van der Waals surface area contributed by atoms with Gasteiger partial charge in [-0.3, -0.25) is 4.79 Å². The van der Waals surface area contributed by atoms with Crippen molar-refractivity contribution in [1.82, 2.24) is 0 Å². The fraction of sp³-hybridized carbons (Fsp3) is 0.571. The zero-order chi connectivity index (χ0) is 9.78. The number of carbonyl (C=O) groups is 1. The summed E-state index contributed by atoms with van der Waals surface area (Å²) in [4.78, 5) is 10.9. The first-order valence-corrected chi connectivity index (χ1v) is 5.01. The monoisotopic (exact) mass is 214 g/mol. The quantitative estimate of drug-likeness (QED) is 0.287. The molecule has 1 atom stereocenters. The van der Waals surface area contributed by atoms with Gasteiger partial charge in [0.25, 0.3) is 0 Å². The van der Waals surface area contributed by atoms with Crippen molar-refractivity contribution >= 4 is 15.9 Å². The maximum absolute atomic E-state index is 10.9. The number of allylic oxidation sites excluding steroid dienone is 1. The number of hydrogen-bond donors (Lipinski definition) is 0. The van der Waals surface area contributed by atoms with Gasteiger partial charge in [0, 0.05) is 0 Å². The second-order valence-corrected chi connectivity index (χ2v) is 3.93. The third kappa shape index (κ3) is 5.59. The van der Waals surface area contributed by atoms with Crippen LogP contribution in [0.25, 0.3) is 0 Å². The Morgan fingerprint density at radius 1 is 1.62 bits per heavy atom. The number of hydrogen-bond acceptors (Lipinski definition) is 4. The molecule has 0 fully saturated rings. The van der Waals surface area contributed by atoms with Gasteiger partial charge in [-0.15, -0.1) is 0 Å². The summed E-state index contributed by atoms with van der Waals surface area (Å²) in [5.41, 5.74) is 0. The van der Waals surface area contributed by atoms with Gasteiger partial charge < -0.3 is 4.55 Å². The summed E-state index contributed by atoms with van der Waals surface area (Å²) >= 11 is 0. The van der Waals surface area contributed by atoms with E-state index in [1.807, 2.05) is 0 Å². The Labute approximate surface area is 100 Å². The van der Waals surface area contributed by atoms with E-state index < -0.39 is 21.2 Å². The molecule has 0 aromatic carbocycles. The van der Waals surface area contributed by atoms with Gasteiger partial charge in [0.15, 0.2) is 5.78 Å². The van der Waals surface area contributed by atoms with Crippen LogP contribution in [0, 0.1) is 0 Å². The topological polar surface area (TPSA) is 74.3 Å². The standard InChI is InChI=1S/C7H12O4S.Na/c1-3-5-7(6(8)4-2)12(9,10)11;/h4,7H,2-3,5H2,1H3,(H,9,10,11);/q;+1/p-1. The Morgan fingerprint density at radius 3 is 2.31 bits per heavy atom. The van der Waals surface area contributed by atoms with Crippen LogP contribution in [-0.2, 0) is 14.9 Å². The van der Waals surface area contributed by atoms with Crippen molar-refractivity contribution in [3.05, 3.63) is 12.7 Å². The minimum absolute atomic E-state index is 0. The van der Waals surface area contributed by atoms with Gasteiger partial charge in [-0.1, -0.05) is 19.9 Å². The minimum Gasteiger partial charge on any atom is -0.747 e. The molecule has 0 N–H and O–H groups in total.